The minimum Gasteiger partial charge on any atom is -0.497 e. The normalized spacial score (nSPS) is 10.3. The molecule has 0 heterocycles. The number of carbonyl (C=O) groups is 2. The Hall–Kier alpha value is -2.82. The number of hydrogen-bond donors (Lipinski definition) is 1. The monoisotopic (exact) mass is 354 g/mol. The summed E-state index contributed by atoms with van der Waals surface area (Å²) in [6.07, 6.45) is 1.18. The summed E-state index contributed by atoms with van der Waals surface area (Å²) >= 11 is 0. The number of nitrogens with zero attached hydrogens (tertiary/aromatic N) is 1. The first-order valence-electron chi connectivity index (χ1n) is 8.66. The summed E-state index contributed by atoms with van der Waals surface area (Å²) in [4.78, 5) is 26.3. The molecule has 2 aromatic carbocycles. The second-order valence-electron chi connectivity index (χ2n) is 6.45. The summed E-state index contributed by atoms with van der Waals surface area (Å²) in [5, 5.41) is 2.89. The van der Waals surface area contributed by atoms with Crippen LogP contribution in [0.1, 0.15) is 35.2 Å². The molecule has 0 aliphatic carbocycles. The highest BCUT2D eigenvalue weighted by atomic mass is 16.5. The van der Waals surface area contributed by atoms with Crippen LogP contribution in [-0.4, -0.2) is 32.9 Å². The van der Waals surface area contributed by atoms with E-state index in [-0.39, 0.29) is 11.7 Å². The fourth-order valence-electron chi connectivity index (χ4n) is 2.79. The van der Waals surface area contributed by atoms with Crippen LogP contribution in [0.25, 0.3) is 0 Å². The van der Waals surface area contributed by atoms with Crippen molar-refractivity contribution in [1.29, 1.82) is 0 Å². The van der Waals surface area contributed by atoms with E-state index >= 15 is 0 Å². The number of ketones is 1. The second kappa shape index (κ2) is 9.04. The largest absolute Gasteiger partial charge is 0.497 e. The lowest BCUT2D eigenvalue weighted by Gasteiger charge is -2.16. The first-order chi connectivity index (χ1) is 12.4. The quantitative estimate of drug-likeness (QED) is 0.726. The molecule has 0 aliphatic heterocycles. The van der Waals surface area contributed by atoms with Crippen molar-refractivity contribution in [3.8, 4) is 5.75 Å². The maximum atomic E-state index is 12.2. The number of rotatable bonds is 8. The molecule has 1 amide bonds. The summed E-state index contributed by atoms with van der Waals surface area (Å²) in [5.41, 5.74) is 3.64. The van der Waals surface area contributed by atoms with Gasteiger partial charge in [0.2, 0.25) is 5.91 Å². The zero-order chi connectivity index (χ0) is 19.1. The van der Waals surface area contributed by atoms with Crippen LogP contribution < -0.4 is 15.0 Å². The van der Waals surface area contributed by atoms with Gasteiger partial charge in [0, 0.05) is 43.9 Å². The molecular formula is C21H26N2O3. The smallest absolute Gasteiger partial charge is 0.224 e. The molecule has 138 valence electrons. The molecule has 0 atom stereocenters. The first-order valence-corrected chi connectivity index (χ1v) is 8.66. The topological polar surface area (TPSA) is 58.6 Å². The van der Waals surface area contributed by atoms with Gasteiger partial charge in [0.05, 0.1) is 7.11 Å². The molecule has 0 saturated carbocycles. The van der Waals surface area contributed by atoms with Crippen molar-refractivity contribution in [2.24, 2.45) is 0 Å². The van der Waals surface area contributed by atoms with Gasteiger partial charge in [-0.2, -0.15) is 0 Å². The maximum Gasteiger partial charge on any atom is 0.224 e. The van der Waals surface area contributed by atoms with Gasteiger partial charge < -0.3 is 15.0 Å². The van der Waals surface area contributed by atoms with Gasteiger partial charge in [0.1, 0.15) is 5.75 Å². The molecule has 2 rings (SSSR count). The maximum absolute atomic E-state index is 12.2. The third kappa shape index (κ3) is 5.34. The zero-order valence-electron chi connectivity index (χ0n) is 15.8. The Kier molecular flexibility index (Phi) is 6.78. The lowest BCUT2D eigenvalue weighted by molar-refractivity contribution is -0.116. The average molecular weight is 354 g/mol. The van der Waals surface area contributed by atoms with Crippen LogP contribution >= 0.6 is 0 Å². The Morgan fingerprint density at radius 1 is 1.04 bits per heavy atom. The van der Waals surface area contributed by atoms with Gasteiger partial charge >= 0.3 is 0 Å². The molecule has 26 heavy (non-hydrogen) atoms. The van der Waals surface area contributed by atoms with Gasteiger partial charge in [-0.1, -0.05) is 0 Å². The summed E-state index contributed by atoms with van der Waals surface area (Å²) in [6.45, 7) is 2.01. The van der Waals surface area contributed by atoms with Gasteiger partial charge in [-0.25, -0.2) is 0 Å². The number of methoxy groups -OCH3 is 1. The van der Waals surface area contributed by atoms with E-state index in [2.05, 4.69) is 5.32 Å². The second-order valence-corrected chi connectivity index (χ2v) is 6.45. The number of Topliss-reactive ketones (excluding diaryl/α,β-unsaturated/α-hetero) is 1. The Bertz CT molecular complexity index is 767. The van der Waals surface area contributed by atoms with Crippen LogP contribution in [0, 0.1) is 6.92 Å². The van der Waals surface area contributed by atoms with E-state index in [1.807, 2.05) is 44.1 Å². The molecule has 0 aliphatic rings. The predicted molar refractivity (Wildman–Crippen MR) is 105 cm³/mol. The molecule has 0 aromatic heterocycles. The van der Waals surface area contributed by atoms with Crippen molar-refractivity contribution >= 4 is 23.1 Å². The van der Waals surface area contributed by atoms with E-state index in [1.165, 1.54) is 0 Å². The van der Waals surface area contributed by atoms with Gasteiger partial charge in [-0.05, 0) is 61.4 Å². The molecule has 2 aromatic rings. The van der Waals surface area contributed by atoms with E-state index in [0.717, 1.165) is 22.7 Å². The Morgan fingerprint density at radius 2 is 1.73 bits per heavy atom. The number of anilines is 2. The lowest BCUT2D eigenvalue weighted by atomic mass is 10.1. The summed E-state index contributed by atoms with van der Waals surface area (Å²) in [7, 11) is 5.56. The van der Waals surface area contributed by atoms with Crippen molar-refractivity contribution < 1.29 is 14.3 Å². The number of ether oxygens (including phenoxy) is 1. The van der Waals surface area contributed by atoms with Gasteiger partial charge in [-0.3, -0.25) is 9.59 Å². The van der Waals surface area contributed by atoms with Crippen LogP contribution in [0.2, 0.25) is 0 Å². The van der Waals surface area contributed by atoms with Gasteiger partial charge in [0.25, 0.3) is 0 Å². The minimum absolute atomic E-state index is 0.0339. The van der Waals surface area contributed by atoms with Crippen LogP contribution in [0.5, 0.6) is 5.75 Å². The molecule has 0 saturated heterocycles. The van der Waals surface area contributed by atoms with Crippen molar-refractivity contribution in [3.63, 3.8) is 0 Å². The first kappa shape index (κ1) is 19.5. The standard InChI is InChI=1S/C21H26N2O3/c1-15-14-17(10-13-19(15)23(2)3)22-21(25)7-5-6-20(24)16-8-11-18(26-4)12-9-16/h8-14H,5-7H2,1-4H3,(H,22,25). The number of amides is 1. The van der Waals surface area contributed by atoms with Gasteiger partial charge in [-0.15, -0.1) is 0 Å². The van der Waals surface area contributed by atoms with Crippen molar-refractivity contribution in [2.75, 3.05) is 31.4 Å². The molecule has 0 unspecified atom stereocenters. The summed E-state index contributed by atoms with van der Waals surface area (Å²) in [6, 6.07) is 12.8. The van der Waals surface area contributed by atoms with Crippen LogP contribution in [0.3, 0.4) is 0 Å². The Labute approximate surface area is 155 Å². The third-order valence-electron chi connectivity index (χ3n) is 4.18. The predicted octanol–water partition coefficient (Wildman–Crippen LogP) is 4.06. The number of hydrogen-bond acceptors (Lipinski definition) is 4. The van der Waals surface area contributed by atoms with E-state index in [4.69, 9.17) is 4.74 Å². The van der Waals surface area contributed by atoms with Crippen LogP contribution in [0.15, 0.2) is 42.5 Å². The van der Waals surface area contributed by atoms with Crippen LogP contribution in [0.4, 0.5) is 11.4 Å². The van der Waals surface area contributed by atoms with Crippen molar-refractivity contribution in [3.05, 3.63) is 53.6 Å². The zero-order valence-corrected chi connectivity index (χ0v) is 15.8. The van der Waals surface area contributed by atoms with E-state index < -0.39 is 0 Å². The fourth-order valence-corrected chi connectivity index (χ4v) is 2.79. The van der Waals surface area contributed by atoms with Crippen molar-refractivity contribution in [1.82, 2.24) is 0 Å². The Morgan fingerprint density at radius 3 is 2.31 bits per heavy atom. The number of nitrogens with one attached hydrogen (secondary N) is 1. The highest BCUT2D eigenvalue weighted by Crippen LogP contribution is 2.22. The Balaban J connectivity index is 1.81. The van der Waals surface area contributed by atoms with Crippen LogP contribution in [-0.2, 0) is 4.79 Å². The van der Waals surface area contributed by atoms with E-state index in [9.17, 15) is 9.59 Å². The average Bonchev–Trinajstić information content (AvgIpc) is 2.61. The SMILES string of the molecule is COc1ccc(C(=O)CCCC(=O)Nc2ccc(N(C)C)c(C)c2)cc1. The van der Waals surface area contributed by atoms with E-state index in [0.29, 0.717) is 24.8 Å². The van der Waals surface area contributed by atoms with Crippen molar-refractivity contribution in [2.45, 2.75) is 26.2 Å². The molecule has 0 radical (unpaired) electrons. The fraction of sp³-hybridized carbons (Fsp3) is 0.333. The third-order valence-corrected chi connectivity index (χ3v) is 4.18. The number of carbonyl (C=O) groups excluding carboxylic acids is 2. The van der Waals surface area contributed by atoms with E-state index in [1.54, 1.807) is 31.4 Å². The highest BCUT2D eigenvalue weighted by molar-refractivity contribution is 5.97. The highest BCUT2D eigenvalue weighted by Gasteiger charge is 2.09. The number of benzene rings is 2. The molecule has 0 fully saturated rings. The number of aryl methyl sites for hydroxylation is 1. The minimum atomic E-state index is -0.0791. The molecule has 0 spiro atoms. The molecular weight excluding hydrogens is 328 g/mol. The summed E-state index contributed by atoms with van der Waals surface area (Å²) < 4.78 is 5.08. The molecule has 0 bridgehead atoms. The summed E-state index contributed by atoms with van der Waals surface area (Å²) in [5.74, 6) is 0.674. The molecule has 5 heteroatoms. The molecule has 1 N–H and O–H groups in total. The lowest BCUT2D eigenvalue weighted by Crippen LogP contribution is -2.13. The molecule has 5 nitrogen and oxygen atoms in total. The van der Waals surface area contributed by atoms with Gasteiger partial charge in [0.15, 0.2) is 5.78 Å².